The van der Waals surface area contributed by atoms with Crippen LogP contribution < -0.4 is 16.2 Å². The number of benzene rings is 4. The summed E-state index contributed by atoms with van der Waals surface area (Å²) in [5.74, 6) is 0.0374. The molecule has 0 saturated heterocycles. The molecule has 0 aliphatic rings. The van der Waals surface area contributed by atoms with Crippen molar-refractivity contribution in [2.45, 2.75) is 70.9 Å². The number of aromatic hydroxyl groups is 1. The number of nitrogens with zero attached hydrogens (tertiary/aromatic N) is 1. The summed E-state index contributed by atoms with van der Waals surface area (Å²) >= 11 is 0. The van der Waals surface area contributed by atoms with Crippen molar-refractivity contribution in [1.29, 1.82) is 0 Å². The first-order valence-corrected chi connectivity index (χ1v) is 20.7. The van der Waals surface area contributed by atoms with Crippen LogP contribution in [0.4, 0.5) is 10.5 Å². The van der Waals surface area contributed by atoms with E-state index in [-0.39, 0.29) is 22.5 Å². The van der Waals surface area contributed by atoms with Crippen LogP contribution in [0.25, 0.3) is 32.9 Å². The Balaban J connectivity index is 1.12. The molecule has 0 radical (unpaired) electrons. The van der Waals surface area contributed by atoms with Crippen LogP contribution in [-0.2, 0) is 23.9 Å². The molecule has 6 aromatic rings. The third-order valence-electron chi connectivity index (χ3n) is 10.3. The summed E-state index contributed by atoms with van der Waals surface area (Å²) < 4.78 is 9.24. The minimum atomic E-state index is -2.19. The fourth-order valence-electron chi connectivity index (χ4n) is 6.48. The molecule has 1 atom stereocenters. The van der Waals surface area contributed by atoms with E-state index in [1.807, 2.05) is 48.5 Å². The number of H-pyrrole nitrogens is 1. The number of aromatic amines is 1. The molecule has 0 aliphatic carbocycles. The Morgan fingerprint density at radius 2 is 1.71 bits per heavy atom. The molecule has 6 rings (SSSR count). The fraction of sp³-hybridized carbons (Fsp3) is 0.286. The average molecular weight is 717 g/mol. The maximum Gasteiger partial charge on any atom is 0.409 e. The Hall–Kier alpha value is -5.16. The van der Waals surface area contributed by atoms with Crippen LogP contribution in [0.2, 0.25) is 18.1 Å². The third-order valence-corrected chi connectivity index (χ3v) is 14.8. The lowest BCUT2D eigenvalue weighted by molar-refractivity contribution is 0.181. The van der Waals surface area contributed by atoms with E-state index in [1.54, 1.807) is 12.1 Å². The van der Waals surface area contributed by atoms with Gasteiger partial charge in [-0.2, -0.15) is 0 Å². The number of carboxylic acid groups (broad SMARTS) is 1. The zero-order chi connectivity index (χ0) is 37.0. The second kappa shape index (κ2) is 15.2. The zero-order valence-corrected chi connectivity index (χ0v) is 31.5. The van der Waals surface area contributed by atoms with E-state index in [1.165, 1.54) is 17.0 Å². The van der Waals surface area contributed by atoms with Crippen LogP contribution in [-0.4, -0.2) is 40.7 Å². The first kappa shape index (κ1) is 36.6. The highest BCUT2D eigenvalue weighted by atomic mass is 28.4. The van der Waals surface area contributed by atoms with Crippen LogP contribution in [0.3, 0.4) is 0 Å². The number of carbonyl (C=O) groups is 1. The van der Waals surface area contributed by atoms with Gasteiger partial charge in [0.25, 0.3) is 0 Å². The highest BCUT2D eigenvalue weighted by Gasteiger charge is 2.39. The van der Waals surface area contributed by atoms with Gasteiger partial charge in [0.2, 0.25) is 5.56 Å². The number of hydrogen-bond donors (Lipinski definition) is 5. The number of fused-ring (bicyclic) bond motifs is 2. The SMILES string of the molecule is CC(C)(C)[Si](C)(C)O[C@H](CNCc1ccc2c(ccn2CCCc2ccc(-c3ccccc3)c(NC(=O)O)c2)c1)c1ccc(O)c2[nH]c(=O)ccc12. The molecule has 2 heterocycles. The molecule has 0 aliphatic heterocycles. The maximum atomic E-state index is 12.1. The van der Waals surface area contributed by atoms with Crippen molar-refractivity contribution in [1.82, 2.24) is 14.9 Å². The van der Waals surface area contributed by atoms with Crippen molar-refractivity contribution < 1.29 is 19.4 Å². The molecular formula is C42H48N4O5Si. The Morgan fingerprint density at radius 3 is 2.46 bits per heavy atom. The first-order chi connectivity index (χ1) is 24.8. The summed E-state index contributed by atoms with van der Waals surface area (Å²) in [6, 6.07) is 31.3. The average Bonchev–Trinajstić information content (AvgIpc) is 3.50. The van der Waals surface area contributed by atoms with Crippen LogP contribution in [0.1, 0.15) is 50.0 Å². The second-order valence-electron chi connectivity index (χ2n) is 15.0. The molecule has 52 heavy (non-hydrogen) atoms. The second-order valence-corrected chi connectivity index (χ2v) is 19.7. The zero-order valence-electron chi connectivity index (χ0n) is 30.5. The molecule has 4 aromatic carbocycles. The van der Waals surface area contributed by atoms with Gasteiger partial charge in [-0.3, -0.25) is 10.1 Å². The van der Waals surface area contributed by atoms with Gasteiger partial charge in [-0.25, -0.2) is 4.79 Å². The maximum absolute atomic E-state index is 12.1. The van der Waals surface area contributed by atoms with Gasteiger partial charge in [0, 0.05) is 48.4 Å². The van der Waals surface area contributed by atoms with Crippen molar-refractivity contribution in [3.05, 3.63) is 130 Å². The Bertz CT molecular complexity index is 2260. The van der Waals surface area contributed by atoms with Gasteiger partial charge in [-0.1, -0.05) is 75.4 Å². The molecule has 0 bridgehead atoms. The van der Waals surface area contributed by atoms with Crippen molar-refractivity contribution in [2.75, 3.05) is 11.9 Å². The van der Waals surface area contributed by atoms with E-state index in [9.17, 15) is 19.8 Å². The van der Waals surface area contributed by atoms with Crippen molar-refractivity contribution in [2.24, 2.45) is 0 Å². The number of phenols is 1. The van der Waals surface area contributed by atoms with Gasteiger partial charge in [-0.05, 0) is 95.0 Å². The number of nitrogens with one attached hydrogen (secondary N) is 3. The van der Waals surface area contributed by atoms with Crippen LogP contribution >= 0.6 is 0 Å². The Kier molecular flexibility index (Phi) is 10.7. The molecule has 0 spiro atoms. The normalized spacial score (nSPS) is 12.7. The number of pyridine rings is 1. The first-order valence-electron chi connectivity index (χ1n) is 17.8. The van der Waals surface area contributed by atoms with Gasteiger partial charge >= 0.3 is 6.09 Å². The molecule has 1 amide bonds. The predicted molar refractivity (Wildman–Crippen MR) is 213 cm³/mol. The van der Waals surface area contributed by atoms with E-state index in [4.69, 9.17) is 4.43 Å². The highest BCUT2D eigenvalue weighted by Crippen LogP contribution is 2.41. The topological polar surface area (TPSA) is 129 Å². The van der Waals surface area contributed by atoms with E-state index < -0.39 is 14.4 Å². The molecular weight excluding hydrogens is 669 g/mol. The number of anilines is 1. The summed E-state index contributed by atoms with van der Waals surface area (Å²) in [4.78, 5) is 26.4. The van der Waals surface area contributed by atoms with Crippen molar-refractivity contribution >= 4 is 41.9 Å². The number of aromatic nitrogens is 2. The van der Waals surface area contributed by atoms with E-state index in [0.717, 1.165) is 52.6 Å². The smallest absolute Gasteiger partial charge is 0.409 e. The lowest BCUT2D eigenvalue weighted by Gasteiger charge is -2.39. The van der Waals surface area contributed by atoms with Crippen LogP contribution in [0.15, 0.2) is 108 Å². The number of amides is 1. The molecule has 9 nitrogen and oxygen atoms in total. The van der Waals surface area contributed by atoms with E-state index >= 15 is 0 Å². The summed E-state index contributed by atoms with van der Waals surface area (Å²) in [5, 5.41) is 28.1. The Morgan fingerprint density at radius 1 is 0.942 bits per heavy atom. The lowest BCUT2D eigenvalue weighted by Crippen LogP contribution is -2.43. The van der Waals surface area contributed by atoms with Gasteiger partial charge in [0.1, 0.15) is 5.75 Å². The fourth-order valence-corrected chi connectivity index (χ4v) is 7.75. The van der Waals surface area contributed by atoms with Crippen molar-refractivity contribution in [3.8, 4) is 16.9 Å². The van der Waals surface area contributed by atoms with Crippen molar-refractivity contribution in [3.63, 3.8) is 0 Å². The summed E-state index contributed by atoms with van der Waals surface area (Å²) in [6.07, 6.45) is 2.48. The predicted octanol–water partition coefficient (Wildman–Crippen LogP) is 9.43. The van der Waals surface area contributed by atoms with Gasteiger partial charge < -0.3 is 29.5 Å². The molecule has 10 heteroatoms. The quantitative estimate of drug-likeness (QED) is 0.0758. The van der Waals surface area contributed by atoms with Gasteiger partial charge in [-0.15, -0.1) is 0 Å². The van der Waals surface area contributed by atoms with Crippen LogP contribution in [0.5, 0.6) is 5.75 Å². The minimum absolute atomic E-state index is 0.00201. The largest absolute Gasteiger partial charge is 0.506 e. The highest BCUT2D eigenvalue weighted by molar-refractivity contribution is 6.74. The number of rotatable bonds is 13. The Labute approximate surface area is 305 Å². The molecule has 5 N–H and O–H groups in total. The summed E-state index contributed by atoms with van der Waals surface area (Å²) in [5.41, 5.74) is 6.91. The van der Waals surface area contributed by atoms with E-state index in [0.29, 0.717) is 24.3 Å². The number of aryl methyl sites for hydroxylation is 2. The van der Waals surface area contributed by atoms with Gasteiger partial charge in [0.15, 0.2) is 8.32 Å². The molecule has 0 fully saturated rings. The summed E-state index contributed by atoms with van der Waals surface area (Å²) in [7, 11) is -2.19. The van der Waals surface area contributed by atoms with E-state index in [2.05, 4.69) is 90.6 Å². The molecule has 0 unspecified atom stereocenters. The minimum Gasteiger partial charge on any atom is -0.506 e. The monoisotopic (exact) mass is 716 g/mol. The third kappa shape index (κ3) is 8.31. The summed E-state index contributed by atoms with van der Waals surface area (Å²) in [6.45, 7) is 13.2. The van der Waals surface area contributed by atoms with Crippen LogP contribution in [0, 0.1) is 0 Å². The molecule has 0 saturated carbocycles. The lowest BCUT2D eigenvalue weighted by atomic mass is 9.99. The van der Waals surface area contributed by atoms with Gasteiger partial charge in [0.05, 0.1) is 17.3 Å². The molecule has 2 aromatic heterocycles. The number of phenolic OH excluding ortho intramolecular Hbond substituents is 1. The molecule has 270 valence electrons. The number of hydrogen-bond acceptors (Lipinski definition) is 5. The standard InChI is InChI=1S/C42H48N4O5Si/c1-42(2,3)52(4,5)51-38(33-16-19-37(47)40-34(33)17-20-39(48)45-40)27-43-26-29-14-18-36-31(24-29)21-23-46(36)22-9-10-28-13-15-32(30-11-7-6-8-12-30)35(25-28)44-41(49)50/h6-8,11-21,23-25,38,43-44,47H,9-10,22,26-27H2,1-5H3,(H,45,48)(H,49,50)/t38-/m1/s1.